The fourth-order valence-electron chi connectivity index (χ4n) is 2.92. The molecular weight excluding hydrogens is 178 g/mol. The van der Waals surface area contributed by atoms with E-state index in [1.807, 2.05) is 0 Å². The molecule has 0 unspecified atom stereocenters. The van der Waals surface area contributed by atoms with Crippen molar-refractivity contribution in [2.24, 2.45) is 5.92 Å². The lowest BCUT2D eigenvalue weighted by Crippen LogP contribution is -2.51. The van der Waals surface area contributed by atoms with Crippen LogP contribution < -0.4 is 5.32 Å². The molecule has 1 aliphatic carbocycles. The van der Waals surface area contributed by atoms with Gasteiger partial charge in [-0.15, -0.1) is 0 Å². The van der Waals surface area contributed by atoms with Gasteiger partial charge in [0, 0.05) is 19.4 Å². The van der Waals surface area contributed by atoms with Crippen LogP contribution in [0.15, 0.2) is 0 Å². The van der Waals surface area contributed by atoms with Gasteiger partial charge in [-0.3, -0.25) is 4.79 Å². The Morgan fingerprint density at radius 1 is 1.71 bits per heavy atom. The van der Waals surface area contributed by atoms with E-state index >= 15 is 0 Å². The first-order valence-corrected chi connectivity index (χ1v) is 5.10. The lowest BCUT2D eigenvalue weighted by atomic mass is 9.90. The topological polar surface area (TPSA) is 56.1 Å². The van der Waals surface area contributed by atoms with E-state index in [9.17, 15) is 4.79 Å². The van der Waals surface area contributed by atoms with Gasteiger partial charge in [-0.2, -0.15) is 5.26 Å². The average Bonchev–Trinajstić information content (AvgIpc) is 2.58. The van der Waals surface area contributed by atoms with Gasteiger partial charge in [0.05, 0.1) is 12.1 Å². The van der Waals surface area contributed by atoms with E-state index < -0.39 is 0 Å². The lowest BCUT2D eigenvalue weighted by Gasteiger charge is -2.28. The number of hydrogen-bond acceptors (Lipinski definition) is 3. The highest BCUT2D eigenvalue weighted by atomic mass is 16.1. The summed E-state index contributed by atoms with van der Waals surface area (Å²) >= 11 is 0. The summed E-state index contributed by atoms with van der Waals surface area (Å²) in [7, 11) is 0. The first kappa shape index (κ1) is 9.32. The van der Waals surface area contributed by atoms with Gasteiger partial charge in [0.25, 0.3) is 0 Å². The van der Waals surface area contributed by atoms with Crippen molar-refractivity contribution in [1.82, 2.24) is 10.2 Å². The van der Waals surface area contributed by atoms with E-state index in [1.54, 1.807) is 11.8 Å². The molecule has 4 heteroatoms. The highest BCUT2D eigenvalue weighted by Gasteiger charge is 2.49. The fourth-order valence-corrected chi connectivity index (χ4v) is 2.92. The van der Waals surface area contributed by atoms with Crippen LogP contribution in [-0.4, -0.2) is 29.4 Å². The zero-order valence-electron chi connectivity index (χ0n) is 8.42. The molecule has 2 aliphatic rings. The van der Waals surface area contributed by atoms with Crippen molar-refractivity contribution < 1.29 is 4.79 Å². The summed E-state index contributed by atoms with van der Waals surface area (Å²) in [6, 6.07) is 0. The van der Waals surface area contributed by atoms with Crippen molar-refractivity contribution in [3.05, 3.63) is 0 Å². The molecule has 0 bridgehead atoms. The van der Waals surface area contributed by atoms with Gasteiger partial charge < -0.3 is 10.2 Å². The Hall–Kier alpha value is -1.24. The molecule has 2 atom stereocenters. The number of nitrogens with zero attached hydrogens (tertiary/aromatic N) is 2. The molecule has 0 spiro atoms. The molecule has 1 saturated heterocycles. The van der Waals surface area contributed by atoms with E-state index in [0.717, 1.165) is 19.4 Å². The molecule has 4 nitrogen and oxygen atoms in total. The predicted molar refractivity (Wildman–Crippen MR) is 51.1 cm³/mol. The van der Waals surface area contributed by atoms with Crippen LogP contribution in [0.1, 0.15) is 26.2 Å². The highest BCUT2D eigenvalue weighted by molar-refractivity contribution is 5.74. The largest absolute Gasteiger partial charge is 0.349 e. The summed E-state index contributed by atoms with van der Waals surface area (Å²) in [5.74, 6) is 0.503. The Balaban J connectivity index is 2.15. The summed E-state index contributed by atoms with van der Waals surface area (Å²) in [6.07, 6.45) is 5.50. The zero-order valence-corrected chi connectivity index (χ0v) is 8.42. The van der Waals surface area contributed by atoms with Crippen molar-refractivity contribution in [1.29, 1.82) is 5.26 Å². The first-order chi connectivity index (χ1) is 6.66. The quantitative estimate of drug-likeness (QED) is 0.615. The SMILES string of the molecule is CC(=O)N[C@@]12CCC[C@@H]1CN(C#N)C2. The van der Waals surface area contributed by atoms with Crippen LogP contribution in [0.2, 0.25) is 0 Å². The highest BCUT2D eigenvalue weighted by Crippen LogP contribution is 2.41. The summed E-state index contributed by atoms with van der Waals surface area (Å²) in [5, 5.41) is 11.9. The van der Waals surface area contributed by atoms with Crippen molar-refractivity contribution in [3.8, 4) is 6.19 Å². The number of nitriles is 1. The standard InChI is InChI=1S/C10H15N3O/c1-8(14)12-10-4-2-3-9(10)5-13(6-10)7-11/h9H,2-6H2,1H3,(H,12,14)/t9-,10-/m1/s1. The molecule has 2 fully saturated rings. The van der Waals surface area contributed by atoms with E-state index in [0.29, 0.717) is 12.5 Å². The second-order valence-electron chi connectivity index (χ2n) is 4.41. The molecule has 14 heavy (non-hydrogen) atoms. The van der Waals surface area contributed by atoms with Gasteiger partial charge in [-0.1, -0.05) is 6.42 Å². The molecule has 76 valence electrons. The number of fused-ring (bicyclic) bond motifs is 1. The lowest BCUT2D eigenvalue weighted by molar-refractivity contribution is -0.121. The summed E-state index contributed by atoms with van der Waals surface area (Å²) in [6.45, 7) is 3.07. The maximum absolute atomic E-state index is 11.1. The maximum atomic E-state index is 11.1. The van der Waals surface area contributed by atoms with Gasteiger partial charge in [0.2, 0.25) is 5.91 Å². The molecule has 0 aromatic heterocycles. The molecule has 1 aliphatic heterocycles. The van der Waals surface area contributed by atoms with Crippen LogP contribution in [0.4, 0.5) is 0 Å². The van der Waals surface area contributed by atoms with Crippen molar-refractivity contribution in [3.63, 3.8) is 0 Å². The number of carbonyl (C=O) groups excluding carboxylic acids is 1. The minimum Gasteiger partial charge on any atom is -0.349 e. The van der Waals surface area contributed by atoms with E-state index in [4.69, 9.17) is 5.26 Å². The number of carbonyl (C=O) groups is 1. The third-order valence-corrected chi connectivity index (χ3v) is 3.44. The van der Waals surface area contributed by atoms with Crippen LogP contribution in [-0.2, 0) is 4.79 Å². The molecule has 0 aromatic carbocycles. The Kier molecular flexibility index (Phi) is 2.10. The summed E-state index contributed by atoms with van der Waals surface area (Å²) in [4.78, 5) is 12.9. The second kappa shape index (κ2) is 3.16. The van der Waals surface area contributed by atoms with E-state index in [-0.39, 0.29) is 11.4 Å². The molecule has 1 saturated carbocycles. The van der Waals surface area contributed by atoms with Crippen LogP contribution in [0.3, 0.4) is 0 Å². The monoisotopic (exact) mass is 193 g/mol. The maximum Gasteiger partial charge on any atom is 0.217 e. The van der Waals surface area contributed by atoms with Crippen LogP contribution in [0.5, 0.6) is 0 Å². The fraction of sp³-hybridized carbons (Fsp3) is 0.800. The third kappa shape index (κ3) is 1.33. The zero-order chi connectivity index (χ0) is 10.2. The van der Waals surface area contributed by atoms with Crippen molar-refractivity contribution in [2.45, 2.75) is 31.7 Å². The number of hydrogen-bond donors (Lipinski definition) is 1. The van der Waals surface area contributed by atoms with Gasteiger partial charge in [0.1, 0.15) is 0 Å². The molecule has 1 amide bonds. The number of nitrogens with one attached hydrogen (secondary N) is 1. The number of amides is 1. The Labute approximate surface area is 83.9 Å². The molecule has 1 N–H and O–H groups in total. The van der Waals surface area contributed by atoms with Gasteiger partial charge in [-0.25, -0.2) is 0 Å². The number of likely N-dealkylation sites (tertiary alicyclic amines) is 1. The molecule has 0 radical (unpaired) electrons. The average molecular weight is 193 g/mol. The molecule has 1 heterocycles. The second-order valence-corrected chi connectivity index (χ2v) is 4.41. The summed E-state index contributed by atoms with van der Waals surface area (Å²) < 4.78 is 0. The predicted octanol–water partition coefficient (Wildman–Crippen LogP) is 0.458. The summed E-state index contributed by atoms with van der Waals surface area (Å²) in [5.41, 5.74) is -0.0957. The van der Waals surface area contributed by atoms with Gasteiger partial charge in [-0.05, 0) is 12.8 Å². The van der Waals surface area contributed by atoms with Gasteiger partial charge in [0.15, 0.2) is 6.19 Å². The molecular formula is C10H15N3O. The Morgan fingerprint density at radius 2 is 2.50 bits per heavy atom. The van der Waals surface area contributed by atoms with E-state index in [1.165, 1.54) is 6.42 Å². The van der Waals surface area contributed by atoms with Crippen LogP contribution in [0, 0.1) is 17.4 Å². The first-order valence-electron chi connectivity index (χ1n) is 5.10. The van der Waals surface area contributed by atoms with Crippen LogP contribution >= 0.6 is 0 Å². The minimum absolute atomic E-state index is 0.0247. The van der Waals surface area contributed by atoms with Crippen LogP contribution in [0.25, 0.3) is 0 Å². The van der Waals surface area contributed by atoms with E-state index in [2.05, 4.69) is 11.5 Å². The smallest absolute Gasteiger partial charge is 0.217 e. The molecule has 0 aromatic rings. The van der Waals surface area contributed by atoms with Crippen molar-refractivity contribution >= 4 is 5.91 Å². The third-order valence-electron chi connectivity index (χ3n) is 3.44. The Bertz CT molecular complexity index is 296. The minimum atomic E-state index is -0.0957. The number of rotatable bonds is 1. The Morgan fingerprint density at radius 3 is 3.14 bits per heavy atom. The molecule has 2 rings (SSSR count). The normalized spacial score (nSPS) is 35.1. The van der Waals surface area contributed by atoms with Crippen molar-refractivity contribution in [2.75, 3.05) is 13.1 Å². The van der Waals surface area contributed by atoms with Gasteiger partial charge >= 0.3 is 0 Å².